The van der Waals surface area contributed by atoms with Crippen LogP contribution in [0, 0.1) is 5.92 Å². The monoisotopic (exact) mass is 252 g/mol. The van der Waals surface area contributed by atoms with Crippen LogP contribution in [0.15, 0.2) is 0 Å². The molecule has 0 aromatic rings. The van der Waals surface area contributed by atoms with Gasteiger partial charge >= 0.3 is 0 Å². The second kappa shape index (κ2) is 6.70. The molecule has 1 aliphatic heterocycles. The Labute approximate surface area is 111 Å². The molecule has 0 radical (unpaired) electrons. The molecule has 0 aromatic carbocycles. The van der Waals surface area contributed by atoms with Gasteiger partial charge in [0.1, 0.15) is 5.78 Å². The Morgan fingerprint density at radius 2 is 2.00 bits per heavy atom. The van der Waals surface area contributed by atoms with Gasteiger partial charge in [-0.25, -0.2) is 0 Å². The number of rotatable bonds is 5. The van der Waals surface area contributed by atoms with Crippen LogP contribution in [0.4, 0.5) is 0 Å². The lowest BCUT2D eigenvalue weighted by Gasteiger charge is -2.43. The van der Waals surface area contributed by atoms with Gasteiger partial charge in [-0.15, -0.1) is 0 Å². The highest BCUT2D eigenvalue weighted by Gasteiger charge is 2.40. The highest BCUT2D eigenvalue weighted by Crippen LogP contribution is 2.41. The summed E-state index contributed by atoms with van der Waals surface area (Å²) in [6, 6.07) is 0. The van der Waals surface area contributed by atoms with Crippen LogP contribution in [0.1, 0.15) is 77.6 Å². The third-order valence-electron chi connectivity index (χ3n) is 4.74. The molecule has 1 aliphatic carbocycles. The highest BCUT2D eigenvalue weighted by molar-refractivity contribution is 5.81. The van der Waals surface area contributed by atoms with Crippen molar-refractivity contribution < 1.29 is 9.53 Å². The van der Waals surface area contributed by atoms with E-state index >= 15 is 0 Å². The summed E-state index contributed by atoms with van der Waals surface area (Å²) in [5, 5.41) is 0. The second-order valence-corrected chi connectivity index (χ2v) is 6.21. The van der Waals surface area contributed by atoms with Crippen molar-refractivity contribution in [2.24, 2.45) is 5.92 Å². The number of hydrogen-bond donors (Lipinski definition) is 0. The fraction of sp³-hybridized carbons (Fsp3) is 0.938. The zero-order valence-corrected chi connectivity index (χ0v) is 11.9. The Morgan fingerprint density at radius 1 is 1.22 bits per heavy atom. The molecule has 2 rings (SSSR count). The minimum Gasteiger partial charge on any atom is -0.375 e. The molecule has 2 aliphatic rings. The van der Waals surface area contributed by atoms with Crippen LogP contribution >= 0.6 is 0 Å². The van der Waals surface area contributed by atoms with Crippen molar-refractivity contribution in [1.82, 2.24) is 0 Å². The van der Waals surface area contributed by atoms with Crippen molar-refractivity contribution in [2.45, 2.75) is 83.2 Å². The Hall–Kier alpha value is -0.370. The van der Waals surface area contributed by atoms with Crippen molar-refractivity contribution in [3.63, 3.8) is 0 Å². The molecule has 0 aromatic heterocycles. The van der Waals surface area contributed by atoms with Crippen molar-refractivity contribution in [2.75, 3.05) is 6.61 Å². The minimum atomic E-state index is 0.0849. The maximum atomic E-state index is 12.2. The number of carbonyl (C=O) groups is 1. The minimum absolute atomic E-state index is 0.0849. The first-order chi connectivity index (χ1) is 8.76. The van der Waals surface area contributed by atoms with Gasteiger partial charge in [-0.3, -0.25) is 4.79 Å². The molecule has 2 nitrogen and oxygen atoms in total. The molecule has 0 N–H and O–H groups in total. The van der Waals surface area contributed by atoms with Crippen LogP contribution in [0.3, 0.4) is 0 Å². The number of Topliss-reactive ketones (excluding diaryl/α,β-unsaturated/α-hetero) is 1. The number of hydrogen-bond acceptors (Lipinski definition) is 2. The Bertz CT molecular complexity index is 261. The Morgan fingerprint density at radius 3 is 2.72 bits per heavy atom. The molecule has 1 heterocycles. The lowest BCUT2D eigenvalue weighted by molar-refractivity contribution is -0.143. The predicted molar refractivity (Wildman–Crippen MR) is 73.6 cm³/mol. The molecular weight excluding hydrogens is 224 g/mol. The van der Waals surface area contributed by atoms with Gasteiger partial charge in [0.25, 0.3) is 0 Å². The van der Waals surface area contributed by atoms with Gasteiger partial charge in [0, 0.05) is 18.9 Å². The van der Waals surface area contributed by atoms with Crippen molar-refractivity contribution in [1.29, 1.82) is 0 Å². The Kier molecular flexibility index (Phi) is 5.23. The number of carbonyl (C=O) groups excluding carboxylic acids is 1. The number of ether oxygens (including phenoxy) is 1. The van der Waals surface area contributed by atoms with Gasteiger partial charge < -0.3 is 4.74 Å². The smallest absolute Gasteiger partial charge is 0.136 e. The molecule has 18 heavy (non-hydrogen) atoms. The molecule has 2 heteroatoms. The predicted octanol–water partition coefficient (Wildman–Crippen LogP) is 4.27. The summed E-state index contributed by atoms with van der Waals surface area (Å²) in [7, 11) is 0. The van der Waals surface area contributed by atoms with Gasteiger partial charge in [-0.2, -0.15) is 0 Å². The van der Waals surface area contributed by atoms with E-state index in [-0.39, 0.29) is 5.60 Å². The fourth-order valence-corrected chi connectivity index (χ4v) is 3.60. The molecule has 2 fully saturated rings. The fourth-order valence-electron chi connectivity index (χ4n) is 3.60. The van der Waals surface area contributed by atoms with E-state index in [1.165, 1.54) is 44.9 Å². The van der Waals surface area contributed by atoms with Crippen molar-refractivity contribution in [3.05, 3.63) is 0 Å². The normalized spacial score (nSPS) is 27.3. The van der Waals surface area contributed by atoms with Crippen molar-refractivity contribution >= 4 is 5.78 Å². The lowest BCUT2D eigenvalue weighted by Crippen LogP contribution is -2.43. The van der Waals surface area contributed by atoms with Gasteiger partial charge in [-0.1, -0.05) is 39.0 Å². The molecule has 1 atom stereocenters. The maximum absolute atomic E-state index is 12.2. The molecule has 1 spiro atoms. The summed E-state index contributed by atoms with van der Waals surface area (Å²) in [5.74, 6) is 0.811. The zero-order chi connectivity index (χ0) is 12.8. The van der Waals surface area contributed by atoms with Crippen LogP contribution in [0.2, 0.25) is 0 Å². The lowest BCUT2D eigenvalue weighted by atomic mass is 9.74. The topological polar surface area (TPSA) is 26.3 Å². The largest absolute Gasteiger partial charge is 0.375 e. The molecule has 1 unspecified atom stereocenters. The number of unbranched alkanes of at least 4 members (excludes halogenated alkanes) is 2. The van der Waals surface area contributed by atoms with Gasteiger partial charge in [0.15, 0.2) is 0 Å². The van der Waals surface area contributed by atoms with E-state index in [1.807, 2.05) is 0 Å². The quantitative estimate of drug-likeness (QED) is 0.683. The summed E-state index contributed by atoms with van der Waals surface area (Å²) in [6.45, 7) is 3.00. The SMILES string of the molecule is CCCCCC(=O)C1CCOC2(CCCCC2)C1. The first-order valence-corrected chi connectivity index (χ1v) is 7.92. The first-order valence-electron chi connectivity index (χ1n) is 7.92. The summed E-state index contributed by atoms with van der Waals surface area (Å²) in [6.07, 6.45) is 12.6. The maximum Gasteiger partial charge on any atom is 0.136 e. The van der Waals surface area contributed by atoms with E-state index < -0.39 is 0 Å². The summed E-state index contributed by atoms with van der Waals surface area (Å²) < 4.78 is 6.06. The highest BCUT2D eigenvalue weighted by atomic mass is 16.5. The van der Waals surface area contributed by atoms with E-state index in [2.05, 4.69) is 6.92 Å². The van der Waals surface area contributed by atoms with Crippen LogP contribution < -0.4 is 0 Å². The molecule has 1 saturated carbocycles. The molecular formula is C16H28O2. The summed E-state index contributed by atoms with van der Waals surface area (Å²) in [5.41, 5.74) is 0.0849. The van der Waals surface area contributed by atoms with E-state index in [0.29, 0.717) is 11.7 Å². The van der Waals surface area contributed by atoms with Gasteiger partial charge in [0.2, 0.25) is 0 Å². The molecule has 0 bridgehead atoms. The van der Waals surface area contributed by atoms with E-state index in [1.54, 1.807) is 0 Å². The van der Waals surface area contributed by atoms with E-state index in [4.69, 9.17) is 4.74 Å². The van der Waals surface area contributed by atoms with Crippen LogP contribution in [-0.4, -0.2) is 18.0 Å². The Balaban J connectivity index is 1.83. The first kappa shape index (κ1) is 14.0. The van der Waals surface area contributed by atoms with Gasteiger partial charge in [0.05, 0.1) is 5.60 Å². The standard InChI is InChI=1S/C16H28O2/c1-2-3-5-8-15(17)14-9-12-18-16(13-14)10-6-4-7-11-16/h14H,2-13H2,1H3. The molecule has 104 valence electrons. The third kappa shape index (κ3) is 3.57. The summed E-state index contributed by atoms with van der Waals surface area (Å²) in [4.78, 5) is 12.2. The zero-order valence-electron chi connectivity index (χ0n) is 11.9. The van der Waals surface area contributed by atoms with Crippen molar-refractivity contribution in [3.8, 4) is 0 Å². The average Bonchev–Trinajstić information content (AvgIpc) is 2.40. The summed E-state index contributed by atoms with van der Waals surface area (Å²) >= 11 is 0. The average molecular weight is 252 g/mol. The van der Waals surface area contributed by atoms with E-state index in [0.717, 1.165) is 32.3 Å². The molecule has 1 saturated heterocycles. The van der Waals surface area contributed by atoms with Crippen LogP contribution in [-0.2, 0) is 9.53 Å². The number of ketones is 1. The van der Waals surface area contributed by atoms with Gasteiger partial charge in [-0.05, 0) is 32.1 Å². The van der Waals surface area contributed by atoms with Crippen LogP contribution in [0.25, 0.3) is 0 Å². The third-order valence-corrected chi connectivity index (χ3v) is 4.74. The van der Waals surface area contributed by atoms with E-state index in [9.17, 15) is 4.79 Å². The van der Waals surface area contributed by atoms with Crippen LogP contribution in [0.5, 0.6) is 0 Å². The molecule has 0 amide bonds. The second-order valence-electron chi connectivity index (χ2n) is 6.21.